The van der Waals surface area contributed by atoms with Gasteiger partial charge in [-0.15, -0.1) is 0 Å². The predicted molar refractivity (Wildman–Crippen MR) is 97.6 cm³/mol. The fourth-order valence-electron chi connectivity index (χ4n) is 2.68. The number of rotatable bonds is 6. The average Bonchev–Trinajstić information content (AvgIpc) is 2.59. The standard InChI is InChI=1S/C21H18O5/c1-13-9-21(24)26-20-11-17(7-8-18(13)20)25-12-15-3-5-16(6-4-15)19(23)10-14(2)22/h3-9,11H,10,12H2,1-2H3. The van der Waals surface area contributed by atoms with Crippen molar-refractivity contribution in [2.75, 3.05) is 0 Å². The first kappa shape index (κ1) is 17.6. The summed E-state index contributed by atoms with van der Waals surface area (Å²) in [7, 11) is 0. The fraction of sp³-hybridized carbons (Fsp3) is 0.190. The number of carbonyl (C=O) groups excluding carboxylic acids is 2. The minimum absolute atomic E-state index is 0.0858. The summed E-state index contributed by atoms with van der Waals surface area (Å²) in [5, 5.41) is 0.866. The smallest absolute Gasteiger partial charge is 0.336 e. The number of fused-ring (bicyclic) bond motifs is 1. The maximum Gasteiger partial charge on any atom is 0.336 e. The molecule has 0 atom stereocenters. The van der Waals surface area contributed by atoms with E-state index in [2.05, 4.69) is 0 Å². The van der Waals surface area contributed by atoms with Gasteiger partial charge in [0.2, 0.25) is 0 Å². The molecule has 5 nitrogen and oxygen atoms in total. The zero-order chi connectivity index (χ0) is 18.7. The van der Waals surface area contributed by atoms with Gasteiger partial charge in [-0.3, -0.25) is 9.59 Å². The number of aryl methyl sites for hydroxylation is 1. The van der Waals surface area contributed by atoms with Gasteiger partial charge in [0, 0.05) is 23.1 Å². The van der Waals surface area contributed by atoms with E-state index in [1.807, 2.05) is 19.1 Å². The average molecular weight is 350 g/mol. The first-order chi connectivity index (χ1) is 12.4. The van der Waals surface area contributed by atoms with Crippen LogP contribution < -0.4 is 10.4 Å². The normalized spacial score (nSPS) is 10.7. The van der Waals surface area contributed by atoms with E-state index in [0.717, 1.165) is 16.5 Å². The van der Waals surface area contributed by atoms with E-state index in [1.165, 1.54) is 13.0 Å². The highest BCUT2D eigenvalue weighted by molar-refractivity contribution is 6.07. The van der Waals surface area contributed by atoms with Crippen LogP contribution in [0.3, 0.4) is 0 Å². The van der Waals surface area contributed by atoms with Crippen LogP contribution in [-0.2, 0) is 11.4 Å². The quantitative estimate of drug-likeness (QED) is 0.384. The summed E-state index contributed by atoms with van der Waals surface area (Å²) in [5.41, 5.74) is 2.34. The Morgan fingerprint density at radius 3 is 2.46 bits per heavy atom. The Kier molecular flexibility index (Phi) is 4.98. The zero-order valence-corrected chi connectivity index (χ0v) is 14.6. The van der Waals surface area contributed by atoms with Crippen LogP contribution in [-0.4, -0.2) is 11.6 Å². The first-order valence-electron chi connectivity index (χ1n) is 8.21. The third-order valence-electron chi connectivity index (χ3n) is 4.01. The topological polar surface area (TPSA) is 73.6 Å². The van der Waals surface area contributed by atoms with Crippen molar-refractivity contribution in [1.29, 1.82) is 0 Å². The van der Waals surface area contributed by atoms with Crippen LogP contribution in [0.4, 0.5) is 0 Å². The third-order valence-corrected chi connectivity index (χ3v) is 4.01. The van der Waals surface area contributed by atoms with Crippen molar-refractivity contribution in [2.45, 2.75) is 26.9 Å². The van der Waals surface area contributed by atoms with Crippen LogP contribution in [0.15, 0.2) is 57.7 Å². The molecule has 0 fully saturated rings. The lowest BCUT2D eigenvalue weighted by atomic mass is 10.0. The molecule has 26 heavy (non-hydrogen) atoms. The Morgan fingerprint density at radius 1 is 1.04 bits per heavy atom. The van der Waals surface area contributed by atoms with Crippen molar-refractivity contribution in [2.24, 2.45) is 0 Å². The molecule has 132 valence electrons. The molecule has 2 aromatic carbocycles. The maximum atomic E-state index is 11.8. The Bertz CT molecular complexity index is 1030. The van der Waals surface area contributed by atoms with Crippen LogP contribution in [0, 0.1) is 6.92 Å². The van der Waals surface area contributed by atoms with Crippen molar-refractivity contribution in [3.8, 4) is 5.75 Å². The van der Waals surface area contributed by atoms with E-state index in [-0.39, 0.29) is 18.0 Å². The van der Waals surface area contributed by atoms with Crippen molar-refractivity contribution in [1.82, 2.24) is 0 Å². The molecule has 0 bridgehead atoms. The summed E-state index contributed by atoms with van der Waals surface area (Å²) < 4.78 is 11.0. The second-order valence-corrected chi connectivity index (χ2v) is 6.19. The Morgan fingerprint density at radius 2 is 1.77 bits per heavy atom. The molecule has 0 aliphatic rings. The van der Waals surface area contributed by atoms with Crippen molar-refractivity contribution >= 4 is 22.5 Å². The highest BCUT2D eigenvalue weighted by Gasteiger charge is 2.09. The van der Waals surface area contributed by atoms with Gasteiger partial charge < -0.3 is 9.15 Å². The monoisotopic (exact) mass is 350 g/mol. The van der Waals surface area contributed by atoms with E-state index in [9.17, 15) is 14.4 Å². The second kappa shape index (κ2) is 7.35. The van der Waals surface area contributed by atoms with Crippen molar-refractivity contribution < 1.29 is 18.7 Å². The number of ketones is 2. The molecule has 0 aliphatic heterocycles. The molecule has 1 aromatic heterocycles. The molecule has 3 aromatic rings. The molecule has 0 N–H and O–H groups in total. The van der Waals surface area contributed by atoms with Crippen molar-refractivity contribution in [3.63, 3.8) is 0 Å². The van der Waals surface area contributed by atoms with E-state index < -0.39 is 5.63 Å². The minimum Gasteiger partial charge on any atom is -0.489 e. The summed E-state index contributed by atoms with van der Waals surface area (Å²) in [6.07, 6.45) is -0.0858. The molecule has 3 rings (SSSR count). The zero-order valence-electron chi connectivity index (χ0n) is 14.6. The minimum atomic E-state index is -0.391. The van der Waals surface area contributed by atoms with Gasteiger partial charge in [0.25, 0.3) is 0 Å². The molecular formula is C21H18O5. The van der Waals surface area contributed by atoms with Gasteiger partial charge in [-0.25, -0.2) is 4.79 Å². The Labute approximate surface area is 150 Å². The van der Waals surface area contributed by atoms with E-state index in [4.69, 9.17) is 9.15 Å². The second-order valence-electron chi connectivity index (χ2n) is 6.19. The Balaban J connectivity index is 1.71. The van der Waals surface area contributed by atoms with Crippen molar-refractivity contribution in [3.05, 3.63) is 75.6 Å². The van der Waals surface area contributed by atoms with Crippen LogP contribution >= 0.6 is 0 Å². The molecule has 5 heteroatoms. The SMILES string of the molecule is CC(=O)CC(=O)c1ccc(COc2ccc3c(C)cc(=O)oc3c2)cc1. The largest absolute Gasteiger partial charge is 0.489 e. The fourth-order valence-corrected chi connectivity index (χ4v) is 2.68. The lowest BCUT2D eigenvalue weighted by Gasteiger charge is -2.08. The van der Waals surface area contributed by atoms with Crippen LogP contribution in [0.1, 0.15) is 34.8 Å². The number of Topliss-reactive ketones (excluding diaryl/α,β-unsaturated/α-hetero) is 2. The number of ether oxygens (including phenoxy) is 1. The predicted octanol–water partition coefficient (Wildman–Crippen LogP) is 3.84. The summed E-state index contributed by atoms with van der Waals surface area (Å²) in [5.74, 6) is 0.244. The van der Waals surface area contributed by atoms with Crippen LogP contribution in [0.5, 0.6) is 5.75 Å². The van der Waals surface area contributed by atoms with E-state index in [0.29, 0.717) is 23.5 Å². The number of hydrogen-bond acceptors (Lipinski definition) is 5. The molecule has 1 heterocycles. The van der Waals surface area contributed by atoms with Crippen LogP contribution in [0.25, 0.3) is 11.0 Å². The number of hydrogen-bond donors (Lipinski definition) is 0. The molecule has 0 spiro atoms. The molecule has 0 unspecified atom stereocenters. The van der Waals surface area contributed by atoms with Gasteiger partial charge in [-0.1, -0.05) is 24.3 Å². The van der Waals surface area contributed by atoms with Gasteiger partial charge in [0.15, 0.2) is 5.78 Å². The van der Waals surface area contributed by atoms with Gasteiger partial charge in [-0.05, 0) is 37.1 Å². The highest BCUT2D eigenvalue weighted by atomic mass is 16.5. The van der Waals surface area contributed by atoms with Crippen LogP contribution in [0.2, 0.25) is 0 Å². The lowest BCUT2D eigenvalue weighted by molar-refractivity contribution is -0.116. The van der Waals surface area contributed by atoms with Gasteiger partial charge in [0.05, 0.1) is 6.42 Å². The summed E-state index contributed by atoms with van der Waals surface area (Å²) >= 11 is 0. The van der Waals surface area contributed by atoms with E-state index in [1.54, 1.807) is 30.3 Å². The molecule has 0 saturated carbocycles. The lowest BCUT2D eigenvalue weighted by Crippen LogP contribution is -2.05. The third kappa shape index (κ3) is 4.06. The van der Waals surface area contributed by atoms with Gasteiger partial charge in [-0.2, -0.15) is 0 Å². The molecule has 0 amide bonds. The number of carbonyl (C=O) groups is 2. The summed E-state index contributed by atoms with van der Waals surface area (Å²) in [6.45, 7) is 3.56. The Hall–Kier alpha value is -3.21. The molecular weight excluding hydrogens is 332 g/mol. The number of benzene rings is 2. The summed E-state index contributed by atoms with van der Waals surface area (Å²) in [6, 6.07) is 13.8. The summed E-state index contributed by atoms with van der Waals surface area (Å²) in [4.78, 5) is 34.4. The van der Waals surface area contributed by atoms with Gasteiger partial charge >= 0.3 is 5.63 Å². The highest BCUT2D eigenvalue weighted by Crippen LogP contribution is 2.23. The first-order valence-corrected chi connectivity index (χ1v) is 8.21. The molecule has 0 radical (unpaired) electrons. The van der Waals surface area contributed by atoms with Gasteiger partial charge in [0.1, 0.15) is 23.7 Å². The molecule has 0 saturated heterocycles. The molecule has 0 aliphatic carbocycles. The maximum absolute atomic E-state index is 11.8. The van der Waals surface area contributed by atoms with E-state index >= 15 is 0 Å².